The Hall–Kier alpha value is -3.60. The summed E-state index contributed by atoms with van der Waals surface area (Å²) in [6.07, 6.45) is -0.366. The van der Waals surface area contributed by atoms with Crippen molar-refractivity contribution in [3.8, 4) is 11.4 Å². The number of halogens is 4. The van der Waals surface area contributed by atoms with E-state index in [1.807, 2.05) is 6.92 Å². The number of anilines is 1. The van der Waals surface area contributed by atoms with Crippen LogP contribution < -0.4 is 20.8 Å². The third-order valence-corrected chi connectivity index (χ3v) is 6.89. The summed E-state index contributed by atoms with van der Waals surface area (Å²) in [5.74, 6) is -4.97. The van der Waals surface area contributed by atoms with Gasteiger partial charge in [-0.25, -0.2) is 22.4 Å². The fraction of sp³-hybridized carbons (Fsp3) is 0.304. The van der Waals surface area contributed by atoms with Gasteiger partial charge in [-0.3, -0.25) is 4.79 Å². The summed E-state index contributed by atoms with van der Waals surface area (Å²) in [5, 5.41) is 8.39. The molecule has 1 saturated heterocycles. The number of ether oxygens (including phenoxy) is 1. The normalized spacial score (nSPS) is 23.6. The van der Waals surface area contributed by atoms with E-state index in [0.717, 1.165) is 29.0 Å². The summed E-state index contributed by atoms with van der Waals surface area (Å²) >= 11 is 0. The van der Waals surface area contributed by atoms with E-state index >= 15 is 8.78 Å². The van der Waals surface area contributed by atoms with Gasteiger partial charge in [-0.1, -0.05) is 6.92 Å². The van der Waals surface area contributed by atoms with Gasteiger partial charge in [-0.2, -0.15) is 0 Å². The van der Waals surface area contributed by atoms with Crippen LogP contribution in [0.2, 0.25) is 0 Å². The third kappa shape index (κ3) is 3.22. The number of pyridine rings is 1. The Morgan fingerprint density at radius 2 is 1.94 bits per heavy atom. The van der Waals surface area contributed by atoms with Crippen LogP contribution in [0.3, 0.4) is 0 Å². The van der Waals surface area contributed by atoms with E-state index in [1.54, 1.807) is 0 Å². The number of fused-ring (bicyclic) bond motifs is 2. The molecule has 1 aromatic heterocycles. The van der Waals surface area contributed by atoms with E-state index < -0.39 is 62.9 Å². The largest absolute Gasteiger partial charge is 0.511 e. The number of aromatic nitrogens is 1. The molecule has 0 bridgehead atoms. The molecule has 7 nitrogen and oxygen atoms in total. The summed E-state index contributed by atoms with van der Waals surface area (Å²) < 4.78 is 64.7. The highest BCUT2D eigenvalue weighted by Crippen LogP contribution is 2.52. The molecule has 0 radical (unpaired) electrons. The van der Waals surface area contributed by atoms with E-state index in [1.165, 1.54) is 4.90 Å². The van der Waals surface area contributed by atoms with Gasteiger partial charge in [0.15, 0.2) is 11.6 Å². The van der Waals surface area contributed by atoms with Crippen molar-refractivity contribution >= 4 is 22.7 Å². The van der Waals surface area contributed by atoms with Crippen molar-refractivity contribution in [1.29, 1.82) is 0 Å². The second-order valence-electron chi connectivity index (χ2n) is 9.08. The first-order valence-electron chi connectivity index (χ1n) is 10.4. The molecule has 3 atom stereocenters. The number of hydrogen-bond donors (Lipinski definition) is 2. The van der Waals surface area contributed by atoms with Gasteiger partial charge >= 0.3 is 6.16 Å². The average molecular weight is 477 g/mol. The van der Waals surface area contributed by atoms with Gasteiger partial charge in [0, 0.05) is 25.2 Å². The lowest BCUT2D eigenvalue weighted by molar-refractivity contribution is 0.0771. The van der Waals surface area contributed by atoms with Crippen LogP contribution in [0.25, 0.3) is 16.6 Å². The van der Waals surface area contributed by atoms with Crippen LogP contribution in [0.1, 0.15) is 13.3 Å². The molecule has 1 aliphatic heterocycles. The first-order valence-corrected chi connectivity index (χ1v) is 10.4. The molecular weight excluding hydrogens is 458 g/mol. The fourth-order valence-corrected chi connectivity index (χ4v) is 5.34. The summed E-state index contributed by atoms with van der Waals surface area (Å²) in [6.45, 7) is 2.61. The first-order chi connectivity index (χ1) is 16.0. The summed E-state index contributed by atoms with van der Waals surface area (Å²) in [6, 6.07) is 3.11. The number of hydrogen-bond acceptors (Lipinski definition) is 5. The Morgan fingerprint density at radius 1 is 1.21 bits per heavy atom. The summed E-state index contributed by atoms with van der Waals surface area (Å²) in [7, 11) is 0. The molecule has 0 unspecified atom stereocenters. The van der Waals surface area contributed by atoms with Gasteiger partial charge in [0.2, 0.25) is 5.43 Å². The van der Waals surface area contributed by atoms with E-state index in [-0.39, 0.29) is 17.4 Å². The van der Waals surface area contributed by atoms with Crippen molar-refractivity contribution in [2.24, 2.45) is 17.1 Å². The molecule has 11 heteroatoms. The molecule has 2 aromatic carbocycles. The monoisotopic (exact) mass is 477 g/mol. The maximum atomic E-state index is 16.0. The minimum atomic E-state index is -1.85. The predicted molar refractivity (Wildman–Crippen MR) is 114 cm³/mol. The van der Waals surface area contributed by atoms with Crippen molar-refractivity contribution in [2.45, 2.75) is 19.4 Å². The lowest BCUT2D eigenvalue weighted by Gasteiger charge is -2.46. The number of carboxylic acid groups (broad SMARTS) is 1. The smallest absolute Gasteiger partial charge is 0.449 e. The molecule has 2 aliphatic rings. The second-order valence-corrected chi connectivity index (χ2v) is 9.08. The molecule has 178 valence electrons. The minimum Gasteiger partial charge on any atom is -0.449 e. The van der Waals surface area contributed by atoms with E-state index in [0.29, 0.717) is 25.6 Å². The standard InChI is InChI=1S/C23H19F4N3O4/c1-23-6-15(28)12(23)7-29(9-23)20-14(26)5-11-19(18(20)27)30(8-17(21(11)31)34-22(32)33)16-3-2-10(24)4-13(16)25/h2-5,8,12,15H,6-7,9,28H2,1H3,(H,32,33)/t12-,15-,23+/m0/s1. The Morgan fingerprint density at radius 3 is 2.56 bits per heavy atom. The Balaban J connectivity index is 1.78. The highest BCUT2D eigenvalue weighted by Gasteiger charge is 2.55. The van der Waals surface area contributed by atoms with Crippen molar-refractivity contribution in [1.82, 2.24) is 4.57 Å². The van der Waals surface area contributed by atoms with Crippen molar-refractivity contribution in [2.75, 3.05) is 18.0 Å². The summed E-state index contributed by atoms with van der Waals surface area (Å²) in [5.41, 5.74) is 3.45. The Kier molecular flexibility index (Phi) is 4.87. The lowest BCUT2D eigenvalue weighted by atomic mass is 9.60. The molecule has 34 heavy (non-hydrogen) atoms. The van der Waals surface area contributed by atoms with E-state index in [2.05, 4.69) is 4.74 Å². The second kappa shape index (κ2) is 7.45. The van der Waals surface area contributed by atoms with Crippen LogP contribution >= 0.6 is 0 Å². The van der Waals surface area contributed by atoms with Crippen molar-refractivity contribution in [3.05, 3.63) is 64.0 Å². The van der Waals surface area contributed by atoms with Gasteiger partial charge < -0.3 is 25.0 Å². The number of rotatable bonds is 3. The van der Waals surface area contributed by atoms with Gasteiger partial charge in [0.05, 0.1) is 22.8 Å². The Bertz CT molecular complexity index is 1430. The molecule has 3 N–H and O–H groups in total. The first kappa shape index (κ1) is 22.2. The molecular formula is C23H19F4N3O4. The third-order valence-electron chi connectivity index (χ3n) is 6.89. The van der Waals surface area contributed by atoms with Crippen LogP contribution in [-0.4, -0.2) is 35.0 Å². The molecule has 2 heterocycles. The highest BCUT2D eigenvalue weighted by molar-refractivity contribution is 5.87. The highest BCUT2D eigenvalue weighted by atomic mass is 19.1. The maximum absolute atomic E-state index is 16.0. The van der Waals surface area contributed by atoms with Gasteiger partial charge in [-0.05, 0) is 36.0 Å². The predicted octanol–water partition coefficient (Wildman–Crippen LogP) is 3.78. The van der Waals surface area contributed by atoms with Crippen molar-refractivity contribution in [3.63, 3.8) is 0 Å². The maximum Gasteiger partial charge on any atom is 0.511 e. The average Bonchev–Trinajstić information content (AvgIpc) is 3.00. The molecule has 2 fully saturated rings. The fourth-order valence-electron chi connectivity index (χ4n) is 5.34. The molecule has 1 aliphatic carbocycles. The zero-order valence-electron chi connectivity index (χ0n) is 17.8. The van der Waals surface area contributed by atoms with Gasteiger partial charge in [0.1, 0.15) is 23.1 Å². The van der Waals surface area contributed by atoms with Crippen LogP contribution in [0, 0.1) is 34.6 Å². The molecule has 1 saturated carbocycles. The van der Waals surface area contributed by atoms with Crippen LogP contribution in [0.15, 0.2) is 35.3 Å². The number of benzene rings is 2. The SMILES string of the molecule is C[C@]12C[C@H](N)[C@@H]1CN(c1c(F)cc3c(=O)c(OC(=O)O)cn(-c4ccc(F)cc4F)c3c1F)C2. The van der Waals surface area contributed by atoms with Gasteiger partial charge in [-0.15, -0.1) is 0 Å². The molecule has 0 amide bonds. The zero-order valence-corrected chi connectivity index (χ0v) is 17.8. The molecule has 5 rings (SSSR count). The van der Waals surface area contributed by atoms with E-state index in [9.17, 15) is 18.4 Å². The minimum absolute atomic E-state index is 0.0325. The number of nitrogens with two attached hydrogens (primary N) is 1. The van der Waals surface area contributed by atoms with E-state index in [4.69, 9.17) is 10.8 Å². The van der Waals surface area contributed by atoms with Crippen LogP contribution in [0.4, 0.5) is 28.0 Å². The lowest BCUT2D eigenvalue weighted by Crippen LogP contribution is -2.53. The number of carbonyl (C=O) groups is 1. The van der Waals surface area contributed by atoms with Gasteiger partial charge in [0.25, 0.3) is 0 Å². The summed E-state index contributed by atoms with van der Waals surface area (Å²) in [4.78, 5) is 25.4. The zero-order chi connectivity index (χ0) is 24.5. The molecule has 0 spiro atoms. The number of nitrogens with zero attached hydrogens (tertiary/aromatic N) is 2. The van der Waals surface area contributed by atoms with Crippen LogP contribution in [0.5, 0.6) is 5.75 Å². The van der Waals surface area contributed by atoms with Crippen molar-refractivity contribution < 1.29 is 32.2 Å². The molecule has 3 aromatic rings. The topological polar surface area (TPSA) is 97.8 Å². The quantitative estimate of drug-likeness (QED) is 0.440. The Labute approximate surface area is 190 Å². The van der Waals surface area contributed by atoms with Crippen LogP contribution in [-0.2, 0) is 0 Å².